The van der Waals surface area contributed by atoms with Gasteiger partial charge < -0.3 is 5.73 Å². The quantitative estimate of drug-likeness (QED) is 0.679. The molecule has 2 aromatic carbocycles. The molecule has 0 aliphatic heterocycles. The second kappa shape index (κ2) is 6.60. The lowest BCUT2D eigenvalue weighted by molar-refractivity contribution is -0.384. The van der Waals surface area contributed by atoms with Gasteiger partial charge in [-0.25, -0.2) is 0 Å². The van der Waals surface area contributed by atoms with Gasteiger partial charge in [0.05, 0.1) is 15.7 Å². The van der Waals surface area contributed by atoms with E-state index in [-0.39, 0.29) is 17.5 Å². The van der Waals surface area contributed by atoms with E-state index in [1.165, 1.54) is 24.3 Å². The molecule has 0 spiro atoms. The van der Waals surface area contributed by atoms with Crippen molar-refractivity contribution in [1.29, 1.82) is 0 Å². The largest absolute Gasteiger partial charge is 0.323 e. The Morgan fingerprint density at radius 3 is 2.24 bits per heavy atom. The summed E-state index contributed by atoms with van der Waals surface area (Å²) in [7, 11) is -1.29. The summed E-state index contributed by atoms with van der Waals surface area (Å²) in [5.41, 5.74) is 8.11. The fourth-order valence-corrected chi connectivity index (χ4v) is 3.04. The molecule has 0 aliphatic rings. The fraction of sp³-hybridized carbons (Fsp3) is 0.200. The molecule has 110 valence electrons. The average molecular weight is 304 g/mol. The summed E-state index contributed by atoms with van der Waals surface area (Å²) in [5.74, 6) is 0.279. The number of hydrogen-bond donors (Lipinski definition) is 1. The van der Waals surface area contributed by atoms with Gasteiger partial charge >= 0.3 is 0 Å². The van der Waals surface area contributed by atoms with Gasteiger partial charge in [0.1, 0.15) is 0 Å². The predicted octanol–water partition coefficient (Wildman–Crippen LogP) is 2.71. The van der Waals surface area contributed by atoms with Gasteiger partial charge in [0.15, 0.2) is 0 Å². The van der Waals surface area contributed by atoms with Gasteiger partial charge in [-0.15, -0.1) is 0 Å². The van der Waals surface area contributed by atoms with Crippen LogP contribution in [0.2, 0.25) is 0 Å². The number of aryl methyl sites for hydroxylation is 1. The van der Waals surface area contributed by atoms with Crippen molar-refractivity contribution in [3.63, 3.8) is 0 Å². The second-order valence-corrected chi connectivity index (χ2v) is 6.28. The molecule has 0 bridgehead atoms. The Balaban J connectivity index is 2.06. The zero-order valence-corrected chi connectivity index (χ0v) is 12.4. The zero-order chi connectivity index (χ0) is 15.4. The van der Waals surface area contributed by atoms with E-state index in [9.17, 15) is 14.3 Å². The summed E-state index contributed by atoms with van der Waals surface area (Å²) in [6.07, 6.45) is 0. The van der Waals surface area contributed by atoms with E-state index in [4.69, 9.17) is 5.73 Å². The lowest BCUT2D eigenvalue weighted by Gasteiger charge is -2.12. The number of rotatable bonds is 5. The maximum atomic E-state index is 12.2. The van der Waals surface area contributed by atoms with Crippen LogP contribution in [-0.4, -0.2) is 14.9 Å². The Morgan fingerprint density at radius 2 is 1.71 bits per heavy atom. The first-order chi connectivity index (χ1) is 9.97. The number of non-ortho nitro benzene ring substituents is 1. The maximum absolute atomic E-state index is 12.2. The molecular formula is C15H16N2O3S. The van der Waals surface area contributed by atoms with E-state index in [0.29, 0.717) is 4.90 Å². The van der Waals surface area contributed by atoms with Crippen molar-refractivity contribution < 1.29 is 9.13 Å². The first kappa shape index (κ1) is 15.3. The van der Waals surface area contributed by atoms with E-state index in [0.717, 1.165) is 11.1 Å². The van der Waals surface area contributed by atoms with Gasteiger partial charge in [-0.2, -0.15) is 0 Å². The summed E-state index contributed by atoms with van der Waals surface area (Å²) in [4.78, 5) is 10.6. The van der Waals surface area contributed by atoms with Crippen molar-refractivity contribution in [3.8, 4) is 0 Å². The van der Waals surface area contributed by atoms with Crippen LogP contribution < -0.4 is 5.73 Å². The fourth-order valence-electron chi connectivity index (χ4n) is 1.89. The SMILES string of the molecule is Cc1ccc(C(N)CS(=O)c2ccc([N+](=O)[O-])cc2)cc1. The van der Waals surface area contributed by atoms with E-state index in [1.807, 2.05) is 31.2 Å². The highest BCUT2D eigenvalue weighted by molar-refractivity contribution is 7.85. The molecule has 5 nitrogen and oxygen atoms in total. The smallest absolute Gasteiger partial charge is 0.269 e. The normalized spacial score (nSPS) is 13.6. The molecule has 2 atom stereocenters. The first-order valence-corrected chi connectivity index (χ1v) is 7.74. The topological polar surface area (TPSA) is 86.2 Å². The van der Waals surface area contributed by atoms with Crippen molar-refractivity contribution in [3.05, 3.63) is 69.8 Å². The van der Waals surface area contributed by atoms with Gasteiger partial charge in [-0.05, 0) is 24.6 Å². The number of nitro benzene ring substituents is 1. The van der Waals surface area contributed by atoms with Gasteiger partial charge in [0.2, 0.25) is 0 Å². The highest BCUT2D eigenvalue weighted by atomic mass is 32.2. The molecule has 21 heavy (non-hydrogen) atoms. The van der Waals surface area contributed by atoms with Crippen LogP contribution in [0.15, 0.2) is 53.4 Å². The van der Waals surface area contributed by atoms with Crippen LogP contribution in [0, 0.1) is 17.0 Å². The van der Waals surface area contributed by atoms with Gasteiger partial charge in [-0.3, -0.25) is 14.3 Å². The van der Waals surface area contributed by atoms with Crippen molar-refractivity contribution in [2.24, 2.45) is 5.73 Å². The first-order valence-electron chi connectivity index (χ1n) is 6.42. The van der Waals surface area contributed by atoms with Crippen LogP contribution in [0.25, 0.3) is 0 Å². The van der Waals surface area contributed by atoms with E-state index in [2.05, 4.69) is 0 Å². The number of hydrogen-bond acceptors (Lipinski definition) is 4. The minimum Gasteiger partial charge on any atom is -0.323 e. The van der Waals surface area contributed by atoms with Gasteiger partial charge in [0.25, 0.3) is 5.69 Å². The molecule has 0 fully saturated rings. The highest BCUT2D eigenvalue weighted by Gasteiger charge is 2.13. The van der Waals surface area contributed by atoms with Crippen molar-refractivity contribution in [2.75, 3.05) is 5.75 Å². The Labute approximate surface area is 125 Å². The van der Waals surface area contributed by atoms with Crippen LogP contribution in [0.3, 0.4) is 0 Å². The monoisotopic (exact) mass is 304 g/mol. The van der Waals surface area contributed by atoms with Crippen LogP contribution in [-0.2, 0) is 10.8 Å². The molecule has 2 aromatic rings. The van der Waals surface area contributed by atoms with Crippen LogP contribution in [0.4, 0.5) is 5.69 Å². The third-order valence-electron chi connectivity index (χ3n) is 3.15. The standard InChI is InChI=1S/C15H16N2O3S/c1-11-2-4-12(5-3-11)15(16)10-21(20)14-8-6-13(7-9-14)17(18)19/h2-9,15H,10,16H2,1H3. The Morgan fingerprint density at radius 1 is 1.14 bits per heavy atom. The zero-order valence-electron chi connectivity index (χ0n) is 11.6. The number of nitrogens with zero attached hydrogens (tertiary/aromatic N) is 1. The number of nitrogens with two attached hydrogens (primary N) is 1. The molecule has 0 heterocycles. The minimum absolute atomic E-state index is 0.0152. The van der Waals surface area contributed by atoms with E-state index in [1.54, 1.807) is 0 Å². The van der Waals surface area contributed by atoms with Gasteiger partial charge in [-0.1, -0.05) is 29.8 Å². The van der Waals surface area contributed by atoms with Crippen molar-refractivity contribution >= 4 is 16.5 Å². The molecular weight excluding hydrogens is 288 g/mol. The Hall–Kier alpha value is -2.05. The van der Waals surface area contributed by atoms with Crippen molar-refractivity contribution in [2.45, 2.75) is 17.9 Å². The highest BCUT2D eigenvalue weighted by Crippen LogP contribution is 2.18. The molecule has 6 heteroatoms. The third-order valence-corrected chi connectivity index (χ3v) is 4.61. The van der Waals surface area contributed by atoms with Crippen LogP contribution >= 0.6 is 0 Å². The summed E-state index contributed by atoms with van der Waals surface area (Å²) in [5, 5.41) is 10.6. The maximum Gasteiger partial charge on any atom is 0.269 e. The van der Waals surface area contributed by atoms with E-state index < -0.39 is 15.7 Å². The molecule has 0 amide bonds. The third kappa shape index (κ3) is 3.96. The lowest BCUT2D eigenvalue weighted by atomic mass is 10.1. The predicted molar refractivity (Wildman–Crippen MR) is 82.5 cm³/mol. The molecule has 0 radical (unpaired) electrons. The summed E-state index contributed by atoms with van der Waals surface area (Å²) < 4.78 is 12.2. The van der Waals surface area contributed by atoms with Gasteiger partial charge in [0, 0.05) is 28.8 Å². The summed E-state index contributed by atoms with van der Waals surface area (Å²) in [6, 6.07) is 13.2. The summed E-state index contributed by atoms with van der Waals surface area (Å²) in [6.45, 7) is 1.99. The average Bonchev–Trinajstić information content (AvgIpc) is 2.47. The molecule has 0 saturated carbocycles. The lowest BCUT2D eigenvalue weighted by Crippen LogP contribution is -2.18. The number of benzene rings is 2. The molecule has 2 rings (SSSR count). The van der Waals surface area contributed by atoms with Crippen LogP contribution in [0.5, 0.6) is 0 Å². The van der Waals surface area contributed by atoms with E-state index >= 15 is 0 Å². The minimum atomic E-state index is -1.29. The number of nitro groups is 1. The van der Waals surface area contributed by atoms with Crippen molar-refractivity contribution in [1.82, 2.24) is 0 Å². The van der Waals surface area contributed by atoms with Crippen LogP contribution in [0.1, 0.15) is 17.2 Å². The molecule has 0 aliphatic carbocycles. The molecule has 0 saturated heterocycles. The Bertz CT molecular complexity index is 654. The Kier molecular flexibility index (Phi) is 4.82. The molecule has 2 unspecified atom stereocenters. The molecule has 2 N–H and O–H groups in total. The summed E-state index contributed by atoms with van der Waals surface area (Å²) >= 11 is 0. The second-order valence-electron chi connectivity index (χ2n) is 4.78. The molecule has 0 aromatic heterocycles.